The average molecular weight is 286 g/mol. The monoisotopic (exact) mass is 285 g/mol. The molecule has 0 spiro atoms. The third-order valence-corrected chi connectivity index (χ3v) is 3.41. The standard InChI is InChI=1S/C15H21ClFNO/c1-10-5-6-11(17)9-12(10)14(19)18-13(7-8-16)15(2,3)4/h5-6,9,13H,7-8H2,1-4H3,(H,18,19). The van der Waals surface area contributed by atoms with Crippen molar-refractivity contribution in [3.8, 4) is 0 Å². The number of carbonyl (C=O) groups excluding carboxylic acids is 1. The van der Waals surface area contributed by atoms with Gasteiger partial charge in [0.05, 0.1) is 0 Å². The number of carbonyl (C=O) groups is 1. The van der Waals surface area contributed by atoms with Crippen molar-refractivity contribution in [2.24, 2.45) is 5.41 Å². The van der Waals surface area contributed by atoms with Gasteiger partial charge in [-0.3, -0.25) is 4.79 Å². The molecule has 106 valence electrons. The van der Waals surface area contributed by atoms with Crippen molar-refractivity contribution in [1.82, 2.24) is 5.32 Å². The largest absolute Gasteiger partial charge is 0.349 e. The molecular formula is C15H21ClFNO. The lowest BCUT2D eigenvalue weighted by atomic mass is 9.85. The van der Waals surface area contributed by atoms with Crippen LogP contribution in [0, 0.1) is 18.2 Å². The highest BCUT2D eigenvalue weighted by atomic mass is 35.5. The van der Waals surface area contributed by atoms with Crippen molar-refractivity contribution in [3.63, 3.8) is 0 Å². The fourth-order valence-electron chi connectivity index (χ4n) is 1.91. The maximum Gasteiger partial charge on any atom is 0.251 e. The van der Waals surface area contributed by atoms with Gasteiger partial charge < -0.3 is 5.32 Å². The number of benzene rings is 1. The lowest BCUT2D eigenvalue weighted by Gasteiger charge is -2.31. The van der Waals surface area contributed by atoms with Gasteiger partial charge in [-0.1, -0.05) is 26.8 Å². The zero-order chi connectivity index (χ0) is 14.6. The molecule has 0 bridgehead atoms. The van der Waals surface area contributed by atoms with Crippen LogP contribution in [0.5, 0.6) is 0 Å². The van der Waals surface area contributed by atoms with Crippen LogP contribution in [0.4, 0.5) is 4.39 Å². The van der Waals surface area contributed by atoms with Crippen molar-refractivity contribution in [1.29, 1.82) is 0 Å². The Bertz CT molecular complexity index is 454. The van der Waals surface area contributed by atoms with Gasteiger partial charge in [-0.15, -0.1) is 11.6 Å². The quantitative estimate of drug-likeness (QED) is 0.835. The summed E-state index contributed by atoms with van der Waals surface area (Å²) >= 11 is 5.78. The van der Waals surface area contributed by atoms with Crippen LogP contribution < -0.4 is 5.32 Å². The number of rotatable bonds is 4. The molecule has 2 nitrogen and oxygen atoms in total. The molecule has 1 amide bonds. The minimum absolute atomic E-state index is 0.0415. The van der Waals surface area contributed by atoms with Gasteiger partial charge in [-0.05, 0) is 36.5 Å². The lowest BCUT2D eigenvalue weighted by Crippen LogP contribution is -2.44. The summed E-state index contributed by atoms with van der Waals surface area (Å²) in [4.78, 5) is 12.2. The Kier molecular flexibility index (Phi) is 5.36. The molecule has 0 radical (unpaired) electrons. The molecule has 0 saturated heterocycles. The second kappa shape index (κ2) is 6.38. The van der Waals surface area contributed by atoms with E-state index in [-0.39, 0.29) is 17.4 Å². The van der Waals surface area contributed by atoms with Crippen LogP contribution in [-0.4, -0.2) is 17.8 Å². The van der Waals surface area contributed by atoms with Crippen molar-refractivity contribution in [3.05, 3.63) is 35.1 Å². The maximum atomic E-state index is 13.2. The molecule has 1 atom stereocenters. The van der Waals surface area contributed by atoms with Gasteiger partial charge in [-0.25, -0.2) is 4.39 Å². The zero-order valence-electron chi connectivity index (χ0n) is 11.9. The van der Waals surface area contributed by atoms with Crippen molar-refractivity contribution in [2.45, 2.75) is 40.2 Å². The van der Waals surface area contributed by atoms with E-state index in [1.165, 1.54) is 12.1 Å². The molecule has 0 aliphatic carbocycles. The molecule has 1 N–H and O–H groups in total. The first-order valence-electron chi connectivity index (χ1n) is 6.38. The number of halogens is 2. The fraction of sp³-hybridized carbons (Fsp3) is 0.533. The van der Waals surface area contributed by atoms with E-state index in [0.717, 1.165) is 5.56 Å². The topological polar surface area (TPSA) is 29.1 Å². The summed E-state index contributed by atoms with van der Waals surface area (Å²) in [6.45, 7) is 7.93. The van der Waals surface area contributed by atoms with Crippen molar-refractivity contribution in [2.75, 3.05) is 5.88 Å². The second-order valence-electron chi connectivity index (χ2n) is 5.83. The highest BCUT2D eigenvalue weighted by molar-refractivity contribution is 6.17. The molecule has 1 rings (SSSR count). The highest BCUT2D eigenvalue weighted by Gasteiger charge is 2.26. The van der Waals surface area contributed by atoms with Gasteiger partial charge >= 0.3 is 0 Å². The Labute approximate surface area is 119 Å². The molecule has 0 aromatic heterocycles. The smallest absolute Gasteiger partial charge is 0.251 e. The van der Waals surface area contributed by atoms with Crippen LogP contribution in [0.3, 0.4) is 0 Å². The predicted octanol–water partition coefficient (Wildman–Crippen LogP) is 3.91. The lowest BCUT2D eigenvalue weighted by molar-refractivity contribution is 0.0899. The summed E-state index contributed by atoms with van der Waals surface area (Å²) in [6, 6.07) is 4.19. The second-order valence-corrected chi connectivity index (χ2v) is 6.21. The Balaban J connectivity index is 2.91. The first-order chi connectivity index (χ1) is 8.75. The predicted molar refractivity (Wildman–Crippen MR) is 77.2 cm³/mol. The highest BCUT2D eigenvalue weighted by Crippen LogP contribution is 2.23. The minimum Gasteiger partial charge on any atom is -0.349 e. The van der Waals surface area contributed by atoms with E-state index < -0.39 is 5.82 Å². The van der Waals surface area contributed by atoms with Crippen LogP contribution >= 0.6 is 11.6 Å². The van der Waals surface area contributed by atoms with E-state index in [0.29, 0.717) is 17.9 Å². The number of nitrogens with one attached hydrogen (secondary N) is 1. The van der Waals surface area contributed by atoms with Gasteiger partial charge in [0.1, 0.15) is 5.82 Å². The molecule has 0 fully saturated rings. The van der Waals surface area contributed by atoms with Crippen LogP contribution in [0.1, 0.15) is 43.1 Å². The SMILES string of the molecule is Cc1ccc(F)cc1C(=O)NC(CCCl)C(C)(C)C. The van der Waals surface area contributed by atoms with E-state index in [1.54, 1.807) is 13.0 Å². The third-order valence-electron chi connectivity index (χ3n) is 3.19. The van der Waals surface area contributed by atoms with E-state index >= 15 is 0 Å². The first-order valence-corrected chi connectivity index (χ1v) is 6.92. The maximum absolute atomic E-state index is 13.2. The molecule has 1 unspecified atom stereocenters. The van der Waals surface area contributed by atoms with Gasteiger partial charge in [0.15, 0.2) is 0 Å². The van der Waals surface area contributed by atoms with Gasteiger partial charge in [0, 0.05) is 17.5 Å². The number of hydrogen-bond acceptors (Lipinski definition) is 1. The number of aryl methyl sites for hydroxylation is 1. The summed E-state index contributed by atoms with van der Waals surface area (Å²) in [5.41, 5.74) is 1.05. The van der Waals surface area contributed by atoms with E-state index in [2.05, 4.69) is 5.32 Å². The summed E-state index contributed by atoms with van der Waals surface area (Å²) in [6.07, 6.45) is 0.686. The van der Waals surface area contributed by atoms with Crippen LogP contribution in [0.15, 0.2) is 18.2 Å². The van der Waals surface area contributed by atoms with Gasteiger partial charge in [0.25, 0.3) is 5.91 Å². The molecule has 4 heteroatoms. The zero-order valence-corrected chi connectivity index (χ0v) is 12.6. The first kappa shape index (κ1) is 16.0. The van der Waals surface area contributed by atoms with E-state index in [1.807, 2.05) is 20.8 Å². The minimum atomic E-state index is -0.402. The van der Waals surface area contributed by atoms with Crippen molar-refractivity contribution >= 4 is 17.5 Å². The third kappa shape index (κ3) is 4.50. The number of amides is 1. The Hall–Kier alpha value is -1.09. The summed E-state index contributed by atoms with van der Waals surface area (Å²) in [5.74, 6) is -0.174. The summed E-state index contributed by atoms with van der Waals surface area (Å²) in [5, 5.41) is 2.95. The number of hydrogen-bond donors (Lipinski definition) is 1. The van der Waals surface area contributed by atoms with Crippen LogP contribution in [-0.2, 0) is 0 Å². The van der Waals surface area contributed by atoms with E-state index in [4.69, 9.17) is 11.6 Å². The molecule has 19 heavy (non-hydrogen) atoms. The Morgan fingerprint density at radius 2 is 2.05 bits per heavy atom. The molecule has 0 aliphatic heterocycles. The number of alkyl halides is 1. The Morgan fingerprint density at radius 3 is 2.58 bits per heavy atom. The fourth-order valence-corrected chi connectivity index (χ4v) is 2.12. The molecule has 0 aliphatic rings. The average Bonchev–Trinajstić information content (AvgIpc) is 2.30. The Morgan fingerprint density at radius 1 is 1.42 bits per heavy atom. The van der Waals surface area contributed by atoms with Crippen LogP contribution in [0.2, 0.25) is 0 Å². The summed E-state index contributed by atoms with van der Waals surface area (Å²) < 4.78 is 13.2. The van der Waals surface area contributed by atoms with Gasteiger partial charge in [0.2, 0.25) is 0 Å². The molecule has 0 saturated carbocycles. The molecule has 1 aromatic carbocycles. The molecule has 1 aromatic rings. The van der Waals surface area contributed by atoms with Gasteiger partial charge in [-0.2, -0.15) is 0 Å². The van der Waals surface area contributed by atoms with Crippen LogP contribution in [0.25, 0.3) is 0 Å². The van der Waals surface area contributed by atoms with Crippen molar-refractivity contribution < 1.29 is 9.18 Å². The molecular weight excluding hydrogens is 265 g/mol. The van der Waals surface area contributed by atoms with E-state index in [9.17, 15) is 9.18 Å². The molecule has 0 heterocycles. The normalized spacial score (nSPS) is 13.2. The summed E-state index contributed by atoms with van der Waals surface area (Å²) in [7, 11) is 0.